The SMILES string of the molecule is COc1c(C)c(C(F)(F)F)nn1C(C)(C)C. The molecular weight excluding hydrogens is 221 g/mol. The van der Waals surface area contributed by atoms with Gasteiger partial charge in [0.15, 0.2) is 5.69 Å². The molecule has 0 unspecified atom stereocenters. The molecule has 0 aromatic carbocycles. The van der Waals surface area contributed by atoms with Crippen LogP contribution in [0.1, 0.15) is 32.0 Å². The topological polar surface area (TPSA) is 27.1 Å². The second kappa shape index (κ2) is 3.68. The number of hydrogen-bond donors (Lipinski definition) is 0. The van der Waals surface area contributed by atoms with Crippen LogP contribution in [0.5, 0.6) is 5.88 Å². The number of rotatable bonds is 1. The lowest BCUT2D eigenvalue weighted by molar-refractivity contribution is -0.142. The lowest BCUT2D eigenvalue weighted by Crippen LogP contribution is -2.24. The molecule has 92 valence electrons. The monoisotopic (exact) mass is 236 g/mol. The number of halogens is 3. The highest BCUT2D eigenvalue weighted by atomic mass is 19.4. The summed E-state index contributed by atoms with van der Waals surface area (Å²) >= 11 is 0. The Balaban J connectivity index is 3.44. The molecule has 1 rings (SSSR count). The maximum atomic E-state index is 12.6. The highest BCUT2D eigenvalue weighted by Crippen LogP contribution is 2.37. The molecule has 0 aliphatic rings. The zero-order valence-corrected chi connectivity index (χ0v) is 9.94. The Labute approximate surface area is 92.2 Å². The molecular formula is C10H15F3N2O. The Bertz CT molecular complexity index is 388. The molecule has 1 aromatic rings. The smallest absolute Gasteiger partial charge is 0.435 e. The van der Waals surface area contributed by atoms with Crippen LogP contribution in [0.25, 0.3) is 0 Å². The van der Waals surface area contributed by atoms with Crippen molar-refractivity contribution in [1.82, 2.24) is 9.78 Å². The van der Waals surface area contributed by atoms with E-state index in [0.29, 0.717) is 0 Å². The lowest BCUT2D eigenvalue weighted by Gasteiger charge is -2.21. The van der Waals surface area contributed by atoms with Gasteiger partial charge in [-0.3, -0.25) is 0 Å². The van der Waals surface area contributed by atoms with Crippen molar-refractivity contribution in [2.45, 2.75) is 39.4 Å². The van der Waals surface area contributed by atoms with Crippen molar-refractivity contribution in [3.63, 3.8) is 0 Å². The zero-order chi connectivity index (χ0) is 12.7. The van der Waals surface area contributed by atoms with Crippen molar-refractivity contribution in [2.75, 3.05) is 7.11 Å². The Morgan fingerprint density at radius 1 is 1.19 bits per heavy atom. The van der Waals surface area contributed by atoms with Crippen LogP contribution in [-0.2, 0) is 11.7 Å². The second-order valence-corrected chi connectivity index (χ2v) is 4.56. The van der Waals surface area contributed by atoms with Crippen LogP contribution < -0.4 is 4.74 Å². The fourth-order valence-electron chi connectivity index (χ4n) is 1.44. The van der Waals surface area contributed by atoms with E-state index in [1.165, 1.54) is 18.7 Å². The Kier molecular flexibility index (Phi) is 2.96. The molecule has 0 saturated carbocycles. The molecule has 0 saturated heterocycles. The molecule has 1 heterocycles. The second-order valence-electron chi connectivity index (χ2n) is 4.56. The largest absolute Gasteiger partial charge is 0.481 e. The molecule has 16 heavy (non-hydrogen) atoms. The van der Waals surface area contributed by atoms with Crippen molar-refractivity contribution < 1.29 is 17.9 Å². The predicted octanol–water partition coefficient (Wildman–Crippen LogP) is 2.97. The third-order valence-electron chi connectivity index (χ3n) is 2.17. The third-order valence-corrected chi connectivity index (χ3v) is 2.17. The molecule has 0 N–H and O–H groups in total. The van der Waals surface area contributed by atoms with Gasteiger partial charge in [-0.05, 0) is 27.7 Å². The van der Waals surface area contributed by atoms with Crippen LogP contribution in [0.4, 0.5) is 13.2 Å². The summed E-state index contributed by atoms with van der Waals surface area (Å²) in [5.74, 6) is 0.153. The molecule has 0 radical (unpaired) electrons. The summed E-state index contributed by atoms with van der Waals surface area (Å²) in [6.07, 6.45) is -4.45. The molecule has 0 amide bonds. The molecule has 0 spiro atoms. The van der Waals surface area contributed by atoms with Gasteiger partial charge in [0.2, 0.25) is 5.88 Å². The van der Waals surface area contributed by atoms with Gasteiger partial charge in [0, 0.05) is 5.56 Å². The summed E-state index contributed by atoms with van der Waals surface area (Å²) in [4.78, 5) is 0. The van der Waals surface area contributed by atoms with E-state index in [1.54, 1.807) is 20.8 Å². The van der Waals surface area contributed by atoms with Crippen molar-refractivity contribution in [3.05, 3.63) is 11.3 Å². The normalized spacial score (nSPS) is 13.0. The van der Waals surface area contributed by atoms with E-state index in [9.17, 15) is 13.2 Å². The van der Waals surface area contributed by atoms with Gasteiger partial charge in [0.1, 0.15) is 0 Å². The van der Waals surface area contributed by atoms with E-state index in [1.807, 2.05) is 0 Å². The third kappa shape index (κ3) is 2.15. The quantitative estimate of drug-likeness (QED) is 0.749. The van der Waals surface area contributed by atoms with E-state index in [4.69, 9.17) is 4.74 Å². The van der Waals surface area contributed by atoms with Crippen molar-refractivity contribution in [3.8, 4) is 5.88 Å². The van der Waals surface area contributed by atoms with Crippen LogP contribution in [0.15, 0.2) is 0 Å². The molecule has 1 aromatic heterocycles. The van der Waals surface area contributed by atoms with Gasteiger partial charge in [0.25, 0.3) is 0 Å². The number of methoxy groups -OCH3 is 1. The summed E-state index contributed by atoms with van der Waals surface area (Å²) in [6, 6.07) is 0. The van der Waals surface area contributed by atoms with Crippen molar-refractivity contribution >= 4 is 0 Å². The fraction of sp³-hybridized carbons (Fsp3) is 0.700. The maximum absolute atomic E-state index is 12.6. The van der Waals surface area contributed by atoms with Gasteiger partial charge >= 0.3 is 6.18 Å². The molecule has 6 heteroatoms. The van der Waals surface area contributed by atoms with E-state index in [0.717, 1.165) is 0 Å². The first-order valence-electron chi connectivity index (χ1n) is 4.80. The standard InChI is InChI=1S/C10H15F3N2O/c1-6-7(10(11,12)13)14-15(8(6)16-5)9(2,3)4/h1-5H3. The first kappa shape index (κ1) is 12.9. The van der Waals surface area contributed by atoms with Crippen LogP contribution in [-0.4, -0.2) is 16.9 Å². The fourth-order valence-corrected chi connectivity index (χ4v) is 1.44. The summed E-state index contributed by atoms with van der Waals surface area (Å²) in [6.45, 7) is 6.66. The van der Waals surface area contributed by atoms with Crippen LogP contribution >= 0.6 is 0 Å². The Hall–Kier alpha value is -1.20. The van der Waals surface area contributed by atoms with Gasteiger partial charge in [-0.25, -0.2) is 4.68 Å². The average molecular weight is 236 g/mol. The summed E-state index contributed by atoms with van der Waals surface area (Å²) in [5.41, 5.74) is -1.43. The van der Waals surface area contributed by atoms with Gasteiger partial charge in [-0.2, -0.15) is 18.3 Å². The number of aromatic nitrogens is 2. The van der Waals surface area contributed by atoms with Gasteiger partial charge in [-0.1, -0.05) is 0 Å². The maximum Gasteiger partial charge on any atom is 0.435 e. The lowest BCUT2D eigenvalue weighted by atomic mass is 10.1. The molecule has 0 fully saturated rings. The van der Waals surface area contributed by atoms with Gasteiger partial charge in [0.05, 0.1) is 12.6 Å². The van der Waals surface area contributed by atoms with Crippen molar-refractivity contribution in [2.24, 2.45) is 0 Å². The minimum Gasteiger partial charge on any atom is -0.481 e. The zero-order valence-electron chi connectivity index (χ0n) is 9.94. The van der Waals surface area contributed by atoms with Crippen LogP contribution in [0.2, 0.25) is 0 Å². The molecule has 0 bridgehead atoms. The van der Waals surface area contributed by atoms with E-state index in [-0.39, 0.29) is 11.4 Å². The first-order chi connectivity index (χ1) is 7.09. The van der Waals surface area contributed by atoms with E-state index < -0.39 is 17.4 Å². The van der Waals surface area contributed by atoms with Crippen molar-refractivity contribution in [1.29, 1.82) is 0 Å². The summed E-state index contributed by atoms with van der Waals surface area (Å²) < 4.78 is 44.1. The number of ether oxygens (including phenoxy) is 1. The molecule has 3 nitrogen and oxygen atoms in total. The minimum absolute atomic E-state index is 0.0184. The van der Waals surface area contributed by atoms with E-state index in [2.05, 4.69) is 5.10 Å². The van der Waals surface area contributed by atoms with Gasteiger partial charge < -0.3 is 4.74 Å². The Morgan fingerprint density at radius 3 is 1.94 bits per heavy atom. The number of hydrogen-bond acceptors (Lipinski definition) is 2. The molecule has 0 atom stereocenters. The predicted molar refractivity (Wildman–Crippen MR) is 53.5 cm³/mol. The minimum atomic E-state index is -4.45. The van der Waals surface area contributed by atoms with Crippen LogP contribution in [0.3, 0.4) is 0 Å². The summed E-state index contributed by atoms with van der Waals surface area (Å²) in [5, 5.41) is 3.59. The number of alkyl halides is 3. The highest BCUT2D eigenvalue weighted by Gasteiger charge is 2.39. The first-order valence-corrected chi connectivity index (χ1v) is 4.80. The summed E-state index contributed by atoms with van der Waals surface area (Å²) in [7, 11) is 1.34. The Morgan fingerprint density at radius 2 is 1.69 bits per heavy atom. The highest BCUT2D eigenvalue weighted by molar-refractivity contribution is 5.32. The van der Waals surface area contributed by atoms with Gasteiger partial charge in [-0.15, -0.1) is 0 Å². The molecule has 0 aliphatic carbocycles. The average Bonchev–Trinajstić information content (AvgIpc) is 2.40. The van der Waals surface area contributed by atoms with E-state index >= 15 is 0 Å². The molecule has 0 aliphatic heterocycles. The number of nitrogens with zero attached hydrogens (tertiary/aromatic N) is 2. The van der Waals surface area contributed by atoms with Crippen LogP contribution in [0, 0.1) is 6.92 Å².